The molecule has 68 valence electrons. The van der Waals surface area contributed by atoms with E-state index in [0.29, 0.717) is 18.3 Å². The largest absolute Gasteiger partial charge is 0.481 e. The van der Waals surface area contributed by atoms with Crippen LogP contribution >= 0.6 is 0 Å². The van der Waals surface area contributed by atoms with Crippen molar-refractivity contribution in [2.45, 2.75) is 19.3 Å². The van der Waals surface area contributed by atoms with Gasteiger partial charge < -0.3 is 10.4 Å². The zero-order chi connectivity index (χ0) is 8.55. The maximum Gasteiger partial charge on any atom is 0.303 e. The lowest BCUT2D eigenvalue weighted by Crippen LogP contribution is -2.32. The highest BCUT2D eigenvalue weighted by Crippen LogP contribution is 2.39. The molecule has 0 radical (unpaired) electrons. The number of fused-ring (bicyclic) bond motifs is 2. The van der Waals surface area contributed by atoms with Crippen molar-refractivity contribution in [1.29, 1.82) is 0 Å². The predicted octanol–water partition coefficient (Wildman–Crippen LogP) is 0.707. The zero-order valence-electron chi connectivity index (χ0n) is 7.12. The molecule has 1 aliphatic heterocycles. The molecular formula is C9H15NO2. The number of carboxylic acid groups (broad SMARTS) is 1. The van der Waals surface area contributed by atoms with Gasteiger partial charge in [0, 0.05) is 6.42 Å². The molecule has 2 aliphatic rings. The molecule has 2 N–H and O–H groups in total. The van der Waals surface area contributed by atoms with Gasteiger partial charge in [0.25, 0.3) is 0 Å². The lowest BCUT2D eigenvalue weighted by atomic mass is 9.93. The standard InChI is InChI=1S/C9H15NO2/c11-9(12)3-7-1-6-2-8(7)5-10-4-6/h6-8,10H,1-5H2,(H,11,12)/t6-,7+,8+/m1/s1. The second kappa shape index (κ2) is 3.05. The Morgan fingerprint density at radius 3 is 2.92 bits per heavy atom. The fourth-order valence-corrected chi connectivity index (χ4v) is 2.70. The molecule has 2 bridgehead atoms. The van der Waals surface area contributed by atoms with Gasteiger partial charge in [0.1, 0.15) is 0 Å². The first-order valence-corrected chi connectivity index (χ1v) is 4.68. The molecule has 1 saturated heterocycles. The summed E-state index contributed by atoms with van der Waals surface area (Å²) in [5.74, 6) is 1.21. The van der Waals surface area contributed by atoms with Gasteiger partial charge in [0.2, 0.25) is 0 Å². The second-order valence-corrected chi connectivity index (χ2v) is 4.11. The molecule has 3 nitrogen and oxygen atoms in total. The summed E-state index contributed by atoms with van der Waals surface area (Å²) in [6.07, 6.45) is 2.76. The first-order valence-electron chi connectivity index (χ1n) is 4.68. The van der Waals surface area contributed by atoms with Crippen LogP contribution in [-0.2, 0) is 4.79 Å². The highest BCUT2D eigenvalue weighted by molar-refractivity contribution is 5.67. The molecule has 0 unspecified atom stereocenters. The van der Waals surface area contributed by atoms with Crippen molar-refractivity contribution in [3.8, 4) is 0 Å². The molecule has 0 spiro atoms. The number of hydrogen-bond donors (Lipinski definition) is 2. The van der Waals surface area contributed by atoms with Crippen LogP contribution in [0.2, 0.25) is 0 Å². The average molecular weight is 169 g/mol. The molecule has 1 saturated carbocycles. The number of carboxylic acids is 1. The van der Waals surface area contributed by atoms with E-state index in [0.717, 1.165) is 25.4 Å². The summed E-state index contributed by atoms with van der Waals surface area (Å²) >= 11 is 0. The van der Waals surface area contributed by atoms with Gasteiger partial charge in [-0.1, -0.05) is 0 Å². The normalized spacial score (nSPS) is 39.8. The van der Waals surface area contributed by atoms with E-state index in [1.165, 1.54) is 6.42 Å². The van der Waals surface area contributed by atoms with Crippen LogP contribution in [0.3, 0.4) is 0 Å². The van der Waals surface area contributed by atoms with Gasteiger partial charge in [-0.15, -0.1) is 0 Å². The van der Waals surface area contributed by atoms with Crippen molar-refractivity contribution in [1.82, 2.24) is 5.32 Å². The number of carbonyl (C=O) groups is 1. The Balaban J connectivity index is 1.95. The highest BCUT2D eigenvalue weighted by atomic mass is 16.4. The van der Waals surface area contributed by atoms with Gasteiger partial charge >= 0.3 is 5.97 Å². The van der Waals surface area contributed by atoms with Crippen molar-refractivity contribution in [2.24, 2.45) is 17.8 Å². The molecule has 0 aromatic rings. The summed E-state index contributed by atoms with van der Waals surface area (Å²) in [4.78, 5) is 10.5. The zero-order valence-corrected chi connectivity index (χ0v) is 7.12. The van der Waals surface area contributed by atoms with Crippen LogP contribution in [0.15, 0.2) is 0 Å². The van der Waals surface area contributed by atoms with E-state index in [2.05, 4.69) is 5.32 Å². The summed E-state index contributed by atoms with van der Waals surface area (Å²) in [5, 5.41) is 12.0. The smallest absolute Gasteiger partial charge is 0.303 e. The Hall–Kier alpha value is -0.570. The molecule has 2 rings (SSSR count). The maximum absolute atomic E-state index is 10.5. The summed E-state index contributed by atoms with van der Waals surface area (Å²) < 4.78 is 0. The van der Waals surface area contributed by atoms with Crippen LogP contribution in [0.4, 0.5) is 0 Å². The lowest BCUT2D eigenvalue weighted by molar-refractivity contribution is -0.138. The summed E-state index contributed by atoms with van der Waals surface area (Å²) in [5.41, 5.74) is 0. The van der Waals surface area contributed by atoms with E-state index in [-0.39, 0.29) is 0 Å². The summed E-state index contributed by atoms with van der Waals surface area (Å²) in [6.45, 7) is 2.14. The van der Waals surface area contributed by atoms with E-state index < -0.39 is 5.97 Å². The third kappa shape index (κ3) is 1.46. The van der Waals surface area contributed by atoms with Crippen LogP contribution < -0.4 is 5.32 Å². The van der Waals surface area contributed by atoms with Crippen LogP contribution in [0.5, 0.6) is 0 Å². The van der Waals surface area contributed by atoms with E-state index >= 15 is 0 Å². The molecule has 1 aliphatic carbocycles. The van der Waals surface area contributed by atoms with Crippen molar-refractivity contribution >= 4 is 5.97 Å². The molecule has 0 aromatic carbocycles. The van der Waals surface area contributed by atoms with Crippen molar-refractivity contribution in [3.63, 3.8) is 0 Å². The third-order valence-corrected chi connectivity index (χ3v) is 3.22. The minimum Gasteiger partial charge on any atom is -0.481 e. The van der Waals surface area contributed by atoms with Crippen molar-refractivity contribution in [2.75, 3.05) is 13.1 Å². The Morgan fingerprint density at radius 1 is 1.42 bits per heavy atom. The Bertz CT molecular complexity index is 193. The maximum atomic E-state index is 10.5. The highest BCUT2D eigenvalue weighted by Gasteiger charge is 2.37. The first kappa shape index (κ1) is 8.05. The van der Waals surface area contributed by atoms with E-state index in [9.17, 15) is 4.79 Å². The summed E-state index contributed by atoms with van der Waals surface area (Å²) in [6, 6.07) is 0. The number of nitrogens with one attached hydrogen (secondary N) is 1. The Morgan fingerprint density at radius 2 is 2.25 bits per heavy atom. The van der Waals surface area contributed by atoms with Crippen LogP contribution in [0, 0.1) is 17.8 Å². The molecule has 12 heavy (non-hydrogen) atoms. The number of rotatable bonds is 2. The predicted molar refractivity (Wildman–Crippen MR) is 44.8 cm³/mol. The molecule has 2 fully saturated rings. The number of aliphatic carboxylic acids is 1. The Labute approximate surface area is 72.2 Å². The average Bonchev–Trinajstić information content (AvgIpc) is 2.26. The van der Waals surface area contributed by atoms with Gasteiger partial charge in [-0.3, -0.25) is 4.79 Å². The quantitative estimate of drug-likeness (QED) is 0.640. The van der Waals surface area contributed by atoms with E-state index in [1.54, 1.807) is 0 Å². The third-order valence-electron chi connectivity index (χ3n) is 3.22. The number of piperidine rings is 1. The minimum absolute atomic E-state index is 0.378. The fourth-order valence-electron chi connectivity index (χ4n) is 2.70. The van der Waals surface area contributed by atoms with E-state index in [1.807, 2.05) is 0 Å². The minimum atomic E-state index is -0.632. The first-order chi connectivity index (χ1) is 5.75. The van der Waals surface area contributed by atoms with E-state index in [4.69, 9.17) is 5.11 Å². The molecule has 3 heteroatoms. The van der Waals surface area contributed by atoms with Gasteiger partial charge in [-0.25, -0.2) is 0 Å². The van der Waals surface area contributed by atoms with Crippen molar-refractivity contribution in [3.05, 3.63) is 0 Å². The summed E-state index contributed by atoms with van der Waals surface area (Å²) in [7, 11) is 0. The topological polar surface area (TPSA) is 49.3 Å². The molecule has 0 aromatic heterocycles. The van der Waals surface area contributed by atoms with Crippen molar-refractivity contribution < 1.29 is 9.90 Å². The van der Waals surface area contributed by atoms with Gasteiger partial charge in [0.15, 0.2) is 0 Å². The van der Waals surface area contributed by atoms with Gasteiger partial charge in [0.05, 0.1) is 0 Å². The number of hydrogen-bond acceptors (Lipinski definition) is 2. The fraction of sp³-hybridized carbons (Fsp3) is 0.889. The van der Waals surface area contributed by atoms with Crippen LogP contribution in [-0.4, -0.2) is 24.2 Å². The SMILES string of the molecule is O=C(O)C[C@@H]1C[C@H]2CNC[C@@H]1C2. The molecule has 3 atom stereocenters. The second-order valence-electron chi connectivity index (χ2n) is 4.11. The Kier molecular flexibility index (Phi) is 2.05. The molecular weight excluding hydrogens is 154 g/mol. The van der Waals surface area contributed by atoms with Crippen LogP contribution in [0.25, 0.3) is 0 Å². The lowest BCUT2D eigenvalue weighted by Gasteiger charge is -2.21. The molecule has 1 heterocycles. The van der Waals surface area contributed by atoms with Crippen LogP contribution in [0.1, 0.15) is 19.3 Å². The monoisotopic (exact) mass is 169 g/mol. The molecule has 0 amide bonds. The van der Waals surface area contributed by atoms with Gasteiger partial charge in [-0.05, 0) is 43.7 Å². The van der Waals surface area contributed by atoms with Gasteiger partial charge in [-0.2, -0.15) is 0 Å².